The number of aromatic nitrogens is 1. The molecule has 0 bridgehead atoms. The molecule has 0 fully saturated rings. The molecule has 0 unspecified atom stereocenters. The van der Waals surface area contributed by atoms with Crippen molar-refractivity contribution in [2.75, 3.05) is 6.61 Å². The van der Waals surface area contributed by atoms with Gasteiger partial charge in [0.1, 0.15) is 6.73 Å². The number of unbranched alkanes of at least 4 members (excludes halogenated alkanes) is 1. The maximum absolute atomic E-state index is 5.90. The fraction of sp³-hybridized carbons (Fsp3) is 0.500. The molecule has 0 saturated heterocycles. The standard InChI is InChI=1S/C20H29NO/c1-5-8-14-22-15-21-16(4)18(6-2)20(19(21)7-3)17-12-10-9-11-13-17/h9-13H,5-8,14-15H2,1-4H3. The van der Waals surface area contributed by atoms with Crippen LogP contribution in [0.4, 0.5) is 0 Å². The van der Waals surface area contributed by atoms with E-state index in [1.54, 1.807) is 0 Å². The third-order valence-electron chi connectivity index (χ3n) is 4.37. The van der Waals surface area contributed by atoms with Crippen molar-refractivity contribution in [2.24, 2.45) is 0 Å². The lowest BCUT2D eigenvalue weighted by Gasteiger charge is -2.12. The van der Waals surface area contributed by atoms with Crippen LogP contribution in [0.2, 0.25) is 0 Å². The summed E-state index contributed by atoms with van der Waals surface area (Å²) < 4.78 is 8.27. The predicted octanol–water partition coefficient (Wildman–Crippen LogP) is 5.36. The van der Waals surface area contributed by atoms with E-state index in [4.69, 9.17) is 4.74 Å². The molecule has 1 heterocycles. The van der Waals surface area contributed by atoms with Crippen LogP contribution in [0, 0.1) is 6.92 Å². The van der Waals surface area contributed by atoms with Gasteiger partial charge in [0.15, 0.2) is 0 Å². The lowest BCUT2D eigenvalue weighted by Crippen LogP contribution is -2.09. The molecule has 120 valence electrons. The van der Waals surface area contributed by atoms with E-state index in [9.17, 15) is 0 Å². The third kappa shape index (κ3) is 3.44. The maximum Gasteiger partial charge on any atom is 0.122 e. The molecule has 0 saturated carbocycles. The van der Waals surface area contributed by atoms with Crippen molar-refractivity contribution in [3.63, 3.8) is 0 Å². The zero-order chi connectivity index (χ0) is 15.9. The topological polar surface area (TPSA) is 14.2 Å². The van der Waals surface area contributed by atoms with E-state index >= 15 is 0 Å². The average Bonchev–Trinajstić information content (AvgIpc) is 2.83. The Morgan fingerprint density at radius 1 is 1.00 bits per heavy atom. The van der Waals surface area contributed by atoms with Gasteiger partial charge in [0, 0.05) is 23.6 Å². The van der Waals surface area contributed by atoms with Crippen LogP contribution in [0.5, 0.6) is 0 Å². The summed E-state index contributed by atoms with van der Waals surface area (Å²) in [6.45, 7) is 10.4. The van der Waals surface area contributed by atoms with Gasteiger partial charge < -0.3 is 9.30 Å². The average molecular weight is 299 g/mol. The second-order valence-electron chi connectivity index (χ2n) is 5.78. The minimum atomic E-state index is 0.675. The number of hydrogen-bond donors (Lipinski definition) is 0. The van der Waals surface area contributed by atoms with Gasteiger partial charge in [-0.2, -0.15) is 0 Å². The van der Waals surface area contributed by atoms with E-state index < -0.39 is 0 Å². The summed E-state index contributed by atoms with van der Waals surface area (Å²) >= 11 is 0. The minimum Gasteiger partial charge on any atom is -0.361 e. The Kier molecular flexibility index (Phi) is 6.26. The second kappa shape index (κ2) is 8.19. The van der Waals surface area contributed by atoms with Crippen molar-refractivity contribution in [3.8, 4) is 11.1 Å². The van der Waals surface area contributed by atoms with Gasteiger partial charge in [-0.05, 0) is 37.3 Å². The number of nitrogens with zero attached hydrogens (tertiary/aromatic N) is 1. The maximum atomic E-state index is 5.90. The second-order valence-corrected chi connectivity index (χ2v) is 5.78. The van der Waals surface area contributed by atoms with E-state index in [0.717, 1.165) is 25.9 Å². The fourth-order valence-corrected chi connectivity index (χ4v) is 3.18. The summed E-state index contributed by atoms with van der Waals surface area (Å²) in [5, 5.41) is 0. The van der Waals surface area contributed by atoms with Crippen molar-refractivity contribution in [3.05, 3.63) is 47.3 Å². The molecule has 1 aromatic carbocycles. The Labute approximate surface area is 135 Å². The first-order valence-corrected chi connectivity index (χ1v) is 8.58. The predicted molar refractivity (Wildman–Crippen MR) is 94.2 cm³/mol. The molecule has 2 rings (SSSR count). The van der Waals surface area contributed by atoms with Crippen molar-refractivity contribution in [2.45, 2.75) is 60.1 Å². The van der Waals surface area contributed by atoms with Crippen LogP contribution in [0.25, 0.3) is 11.1 Å². The summed E-state index contributed by atoms with van der Waals surface area (Å²) in [5.74, 6) is 0. The van der Waals surface area contributed by atoms with E-state index in [0.29, 0.717) is 6.73 Å². The molecule has 2 nitrogen and oxygen atoms in total. The Morgan fingerprint density at radius 2 is 1.73 bits per heavy atom. The highest BCUT2D eigenvalue weighted by molar-refractivity contribution is 5.72. The van der Waals surface area contributed by atoms with E-state index in [1.807, 2.05) is 0 Å². The van der Waals surface area contributed by atoms with Gasteiger partial charge in [-0.1, -0.05) is 57.5 Å². The minimum absolute atomic E-state index is 0.675. The number of ether oxygens (including phenoxy) is 1. The smallest absolute Gasteiger partial charge is 0.122 e. The quantitative estimate of drug-likeness (QED) is 0.598. The van der Waals surface area contributed by atoms with Crippen LogP contribution in [0.3, 0.4) is 0 Å². The van der Waals surface area contributed by atoms with Gasteiger partial charge >= 0.3 is 0 Å². The number of rotatable bonds is 8. The van der Waals surface area contributed by atoms with Crippen molar-refractivity contribution >= 4 is 0 Å². The SMILES string of the molecule is CCCCOCn1c(C)c(CC)c(-c2ccccc2)c1CC. The third-order valence-corrected chi connectivity index (χ3v) is 4.37. The summed E-state index contributed by atoms with van der Waals surface area (Å²) in [6, 6.07) is 10.8. The van der Waals surface area contributed by atoms with E-state index in [2.05, 4.69) is 62.6 Å². The Bertz CT molecular complexity index is 583. The highest BCUT2D eigenvalue weighted by atomic mass is 16.5. The van der Waals surface area contributed by atoms with Crippen LogP contribution in [0.1, 0.15) is 50.6 Å². The van der Waals surface area contributed by atoms with Gasteiger partial charge in [-0.3, -0.25) is 0 Å². The molecule has 0 amide bonds. The zero-order valence-corrected chi connectivity index (χ0v) is 14.5. The number of hydrogen-bond acceptors (Lipinski definition) is 1. The number of benzene rings is 1. The van der Waals surface area contributed by atoms with Crippen molar-refractivity contribution < 1.29 is 4.74 Å². The summed E-state index contributed by atoms with van der Waals surface area (Å²) in [5.41, 5.74) is 6.96. The first-order valence-electron chi connectivity index (χ1n) is 8.58. The molecule has 22 heavy (non-hydrogen) atoms. The van der Waals surface area contributed by atoms with Gasteiger partial charge in [0.25, 0.3) is 0 Å². The molecular weight excluding hydrogens is 270 g/mol. The zero-order valence-electron chi connectivity index (χ0n) is 14.5. The summed E-state index contributed by atoms with van der Waals surface area (Å²) in [7, 11) is 0. The molecule has 0 aliphatic rings. The van der Waals surface area contributed by atoms with Gasteiger partial charge in [0.05, 0.1) is 0 Å². The summed E-state index contributed by atoms with van der Waals surface area (Å²) in [4.78, 5) is 0. The molecule has 0 radical (unpaired) electrons. The Balaban J connectivity index is 2.40. The van der Waals surface area contributed by atoms with Gasteiger partial charge in [-0.15, -0.1) is 0 Å². The van der Waals surface area contributed by atoms with Crippen LogP contribution in [0.15, 0.2) is 30.3 Å². The molecule has 0 spiro atoms. The highest BCUT2D eigenvalue weighted by Gasteiger charge is 2.19. The van der Waals surface area contributed by atoms with Crippen LogP contribution in [-0.2, 0) is 24.3 Å². The lowest BCUT2D eigenvalue weighted by atomic mass is 9.98. The lowest BCUT2D eigenvalue weighted by molar-refractivity contribution is 0.0722. The van der Waals surface area contributed by atoms with Crippen molar-refractivity contribution in [1.82, 2.24) is 4.57 Å². The fourth-order valence-electron chi connectivity index (χ4n) is 3.18. The highest BCUT2D eigenvalue weighted by Crippen LogP contribution is 2.33. The molecular formula is C20H29NO. The van der Waals surface area contributed by atoms with E-state index in [1.165, 1.54) is 34.5 Å². The molecule has 1 aromatic heterocycles. The molecule has 2 heteroatoms. The van der Waals surface area contributed by atoms with Crippen LogP contribution in [-0.4, -0.2) is 11.2 Å². The van der Waals surface area contributed by atoms with Crippen LogP contribution >= 0.6 is 0 Å². The Morgan fingerprint density at radius 3 is 2.32 bits per heavy atom. The largest absolute Gasteiger partial charge is 0.361 e. The monoisotopic (exact) mass is 299 g/mol. The first kappa shape index (κ1) is 16.8. The first-order chi connectivity index (χ1) is 10.7. The molecule has 0 aliphatic carbocycles. The molecule has 0 aliphatic heterocycles. The summed E-state index contributed by atoms with van der Waals surface area (Å²) in [6.07, 6.45) is 4.40. The Hall–Kier alpha value is -1.54. The van der Waals surface area contributed by atoms with Crippen LogP contribution < -0.4 is 0 Å². The normalized spacial score (nSPS) is 11.1. The van der Waals surface area contributed by atoms with Gasteiger partial charge in [0.2, 0.25) is 0 Å². The molecule has 0 N–H and O–H groups in total. The molecule has 0 atom stereocenters. The molecule has 2 aromatic rings. The van der Waals surface area contributed by atoms with E-state index in [-0.39, 0.29) is 0 Å². The van der Waals surface area contributed by atoms with Crippen molar-refractivity contribution in [1.29, 1.82) is 0 Å². The van der Waals surface area contributed by atoms with Gasteiger partial charge in [-0.25, -0.2) is 0 Å².